The lowest BCUT2D eigenvalue weighted by atomic mass is 10.1. The Labute approximate surface area is 115 Å². The van der Waals surface area contributed by atoms with Gasteiger partial charge in [-0.3, -0.25) is 10.1 Å². The Hall–Kier alpha value is -3.01. The third-order valence-electron chi connectivity index (χ3n) is 2.56. The standard InChI is InChI=1S/C13H11N5O2/c1-8-5-9(2)16-13(15-8)17-12-4-3-11(18(19)20)6-10(12)7-14/h3-6H,1-2H3,(H,15,16,17). The van der Waals surface area contributed by atoms with Crippen LogP contribution in [-0.2, 0) is 0 Å². The Morgan fingerprint density at radius 2 is 1.90 bits per heavy atom. The fourth-order valence-corrected chi connectivity index (χ4v) is 1.75. The van der Waals surface area contributed by atoms with E-state index in [0.717, 1.165) is 11.4 Å². The van der Waals surface area contributed by atoms with Crippen molar-refractivity contribution in [2.75, 3.05) is 5.32 Å². The van der Waals surface area contributed by atoms with Crippen LogP contribution in [0.4, 0.5) is 17.3 Å². The van der Waals surface area contributed by atoms with Gasteiger partial charge in [-0.05, 0) is 26.0 Å². The molecule has 0 unspecified atom stereocenters. The smallest absolute Gasteiger partial charge is 0.270 e. The summed E-state index contributed by atoms with van der Waals surface area (Å²) in [5.74, 6) is 0.354. The highest BCUT2D eigenvalue weighted by Gasteiger charge is 2.11. The quantitative estimate of drug-likeness (QED) is 0.678. The van der Waals surface area contributed by atoms with Crippen molar-refractivity contribution in [2.24, 2.45) is 0 Å². The monoisotopic (exact) mass is 269 g/mol. The van der Waals surface area contributed by atoms with Gasteiger partial charge < -0.3 is 5.32 Å². The van der Waals surface area contributed by atoms with E-state index in [1.165, 1.54) is 18.2 Å². The lowest BCUT2D eigenvalue weighted by molar-refractivity contribution is -0.384. The molecule has 0 spiro atoms. The van der Waals surface area contributed by atoms with Gasteiger partial charge in [-0.1, -0.05) is 0 Å². The number of aryl methyl sites for hydroxylation is 2. The first-order chi connectivity index (χ1) is 9.49. The summed E-state index contributed by atoms with van der Waals surface area (Å²) in [6, 6.07) is 7.75. The number of nitro benzene ring substituents is 1. The van der Waals surface area contributed by atoms with E-state index in [-0.39, 0.29) is 11.3 Å². The van der Waals surface area contributed by atoms with Gasteiger partial charge in [0.25, 0.3) is 5.69 Å². The number of anilines is 2. The summed E-state index contributed by atoms with van der Waals surface area (Å²) >= 11 is 0. The van der Waals surface area contributed by atoms with Crippen LogP contribution in [0, 0.1) is 35.3 Å². The van der Waals surface area contributed by atoms with Gasteiger partial charge in [0.05, 0.1) is 16.2 Å². The number of non-ortho nitro benzene ring substituents is 1. The van der Waals surface area contributed by atoms with Gasteiger partial charge in [-0.25, -0.2) is 9.97 Å². The van der Waals surface area contributed by atoms with E-state index in [0.29, 0.717) is 11.6 Å². The van der Waals surface area contributed by atoms with Gasteiger partial charge >= 0.3 is 0 Å². The summed E-state index contributed by atoms with van der Waals surface area (Å²) in [5.41, 5.74) is 2.05. The minimum Gasteiger partial charge on any atom is -0.323 e. The Kier molecular flexibility index (Phi) is 3.57. The van der Waals surface area contributed by atoms with Gasteiger partial charge in [-0.2, -0.15) is 5.26 Å². The zero-order chi connectivity index (χ0) is 14.7. The van der Waals surface area contributed by atoms with Crippen LogP contribution in [0.1, 0.15) is 17.0 Å². The van der Waals surface area contributed by atoms with Crippen LogP contribution in [0.5, 0.6) is 0 Å². The highest BCUT2D eigenvalue weighted by molar-refractivity contribution is 5.65. The average Bonchev–Trinajstić information content (AvgIpc) is 2.37. The SMILES string of the molecule is Cc1cc(C)nc(Nc2ccc([N+](=O)[O-])cc2C#N)n1. The second kappa shape index (κ2) is 5.32. The molecule has 0 fully saturated rings. The molecule has 0 aliphatic heterocycles. The highest BCUT2D eigenvalue weighted by atomic mass is 16.6. The third-order valence-corrected chi connectivity index (χ3v) is 2.56. The molecule has 1 N–H and O–H groups in total. The van der Waals surface area contributed by atoms with Crippen LogP contribution in [-0.4, -0.2) is 14.9 Å². The first kappa shape index (κ1) is 13.4. The molecule has 0 aliphatic carbocycles. The second-order valence-electron chi connectivity index (χ2n) is 4.20. The molecule has 0 atom stereocenters. The van der Waals surface area contributed by atoms with Gasteiger partial charge in [0.1, 0.15) is 6.07 Å². The minimum absolute atomic E-state index is 0.131. The van der Waals surface area contributed by atoms with E-state index in [1.54, 1.807) is 0 Å². The summed E-state index contributed by atoms with van der Waals surface area (Å²) in [4.78, 5) is 18.5. The number of benzene rings is 1. The molecule has 2 rings (SSSR count). The predicted molar refractivity (Wildman–Crippen MR) is 72.6 cm³/mol. The number of hydrogen-bond acceptors (Lipinski definition) is 6. The van der Waals surface area contributed by atoms with Crippen molar-refractivity contribution >= 4 is 17.3 Å². The molecule has 20 heavy (non-hydrogen) atoms. The van der Waals surface area contributed by atoms with Crippen molar-refractivity contribution < 1.29 is 4.92 Å². The number of nitriles is 1. The van der Waals surface area contributed by atoms with Gasteiger partial charge in [-0.15, -0.1) is 0 Å². The number of nitro groups is 1. The first-order valence-corrected chi connectivity index (χ1v) is 5.77. The fraction of sp³-hybridized carbons (Fsp3) is 0.154. The number of rotatable bonds is 3. The zero-order valence-corrected chi connectivity index (χ0v) is 10.9. The summed E-state index contributed by atoms with van der Waals surface area (Å²) in [5, 5.41) is 22.6. The largest absolute Gasteiger partial charge is 0.323 e. The van der Waals surface area contributed by atoms with Gasteiger partial charge in [0.2, 0.25) is 5.95 Å². The van der Waals surface area contributed by atoms with E-state index in [4.69, 9.17) is 5.26 Å². The van der Waals surface area contributed by atoms with E-state index in [9.17, 15) is 10.1 Å². The Balaban J connectivity index is 2.38. The van der Waals surface area contributed by atoms with Crippen molar-refractivity contribution in [1.82, 2.24) is 9.97 Å². The Morgan fingerprint density at radius 1 is 1.25 bits per heavy atom. The van der Waals surface area contributed by atoms with Crippen molar-refractivity contribution in [1.29, 1.82) is 5.26 Å². The number of hydrogen-bond donors (Lipinski definition) is 1. The normalized spacial score (nSPS) is 9.85. The minimum atomic E-state index is -0.544. The average molecular weight is 269 g/mol. The first-order valence-electron chi connectivity index (χ1n) is 5.77. The van der Waals surface area contributed by atoms with Crippen molar-refractivity contribution in [3.63, 3.8) is 0 Å². The Morgan fingerprint density at radius 3 is 2.45 bits per heavy atom. The molecular weight excluding hydrogens is 258 g/mol. The molecule has 1 heterocycles. The molecule has 7 nitrogen and oxygen atoms in total. The zero-order valence-electron chi connectivity index (χ0n) is 10.9. The van der Waals surface area contributed by atoms with Crippen LogP contribution in [0.15, 0.2) is 24.3 Å². The Bertz CT molecular complexity index is 701. The van der Waals surface area contributed by atoms with Crippen molar-refractivity contribution in [2.45, 2.75) is 13.8 Å². The van der Waals surface area contributed by atoms with Crippen molar-refractivity contribution in [3.8, 4) is 6.07 Å². The molecule has 7 heteroatoms. The molecule has 0 saturated heterocycles. The van der Waals surface area contributed by atoms with Gasteiger partial charge in [0, 0.05) is 23.5 Å². The molecule has 0 saturated carbocycles. The summed E-state index contributed by atoms with van der Waals surface area (Å²) in [6.45, 7) is 3.67. The second-order valence-corrected chi connectivity index (χ2v) is 4.20. The summed E-state index contributed by atoms with van der Waals surface area (Å²) in [7, 11) is 0. The maximum absolute atomic E-state index is 10.7. The van der Waals surface area contributed by atoms with E-state index < -0.39 is 4.92 Å². The van der Waals surface area contributed by atoms with Crippen LogP contribution >= 0.6 is 0 Å². The van der Waals surface area contributed by atoms with Crippen LogP contribution in [0.2, 0.25) is 0 Å². The van der Waals surface area contributed by atoms with E-state index >= 15 is 0 Å². The molecule has 0 radical (unpaired) electrons. The van der Waals surface area contributed by atoms with Gasteiger partial charge in [0.15, 0.2) is 0 Å². The molecule has 1 aromatic heterocycles. The van der Waals surface area contributed by atoms with Crippen LogP contribution in [0.25, 0.3) is 0 Å². The maximum atomic E-state index is 10.7. The summed E-state index contributed by atoms with van der Waals surface area (Å²) in [6.07, 6.45) is 0. The molecule has 0 aliphatic rings. The topological polar surface area (TPSA) is 105 Å². The molecule has 2 aromatic rings. The van der Waals surface area contributed by atoms with E-state index in [1.807, 2.05) is 26.0 Å². The number of nitrogens with zero attached hydrogens (tertiary/aromatic N) is 4. The highest BCUT2D eigenvalue weighted by Crippen LogP contribution is 2.23. The number of aromatic nitrogens is 2. The third kappa shape index (κ3) is 2.87. The molecular formula is C13H11N5O2. The van der Waals surface area contributed by atoms with E-state index in [2.05, 4.69) is 15.3 Å². The molecule has 0 amide bonds. The van der Waals surface area contributed by atoms with Crippen molar-refractivity contribution in [3.05, 3.63) is 51.3 Å². The maximum Gasteiger partial charge on any atom is 0.270 e. The molecule has 100 valence electrons. The molecule has 0 bridgehead atoms. The fourth-order valence-electron chi connectivity index (χ4n) is 1.75. The lowest BCUT2D eigenvalue weighted by Crippen LogP contribution is -2.02. The van der Waals surface area contributed by atoms with Crippen LogP contribution in [0.3, 0.4) is 0 Å². The summed E-state index contributed by atoms with van der Waals surface area (Å²) < 4.78 is 0. The van der Waals surface area contributed by atoms with Crippen LogP contribution < -0.4 is 5.32 Å². The number of nitrogens with one attached hydrogen (secondary N) is 1. The predicted octanol–water partition coefficient (Wildman–Crippen LogP) is 2.62. The lowest BCUT2D eigenvalue weighted by Gasteiger charge is -2.07. The molecule has 1 aromatic carbocycles.